The van der Waals surface area contributed by atoms with Gasteiger partial charge in [0.05, 0.1) is 0 Å². The molecule has 0 aromatic carbocycles. The molecule has 1 nitrogen and oxygen atoms in total. The van der Waals surface area contributed by atoms with Gasteiger partial charge in [-0.15, -0.1) is 17.9 Å². The Morgan fingerprint density at radius 1 is 1.53 bits per heavy atom. The highest BCUT2D eigenvalue weighted by molar-refractivity contribution is 7.11. The standard InChI is InChI=1S/C13H21NS/c1-4-5-6-7-11(2)14-10-13-9-8-12(3)15-13/h4,8-9,11,14H,1,5-7,10H2,2-3H3. The van der Waals surface area contributed by atoms with Gasteiger partial charge in [-0.25, -0.2) is 0 Å². The molecule has 0 fully saturated rings. The van der Waals surface area contributed by atoms with Crippen LogP contribution in [0, 0.1) is 6.92 Å². The molecular weight excluding hydrogens is 202 g/mol. The Kier molecular flexibility index (Phi) is 5.66. The van der Waals surface area contributed by atoms with E-state index in [1.807, 2.05) is 17.4 Å². The van der Waals surface area contributed by atoms with Crippen LogP contribution in [0.5, 0.6) is 0 Å². The Hall–Kier alpha value is -0.600. The lowest BCUT2D eigenvalue weighted by Gasteiger charge is -2.12. The molecule has 0 amide bonds. The molecule has 1 unspecified atom stereocenters. The summed E-state index contributed by atoms with van der Waals surface area (Å²) in [5.74, 6) is 0. The van der Waals surface area contributed by atoms with Crippen LogP contribution in [0.15, 0.2) is 24.8 Å². The fourth-order valence-corrected chi connectivity index (χ4v) is 2.37. The highest BCUT2D eigenvalue weighted by Gasteiger charge is 2.01. The Morgan fingerprint density at radius 3 is 2.93 bits per heavy atom. The molecule has 1 rings (SSSR count). The van der Waals surface area contributed by atoms with Crippen molar-refractivity contribution in [2.75, 3.05) is 0 Å². The van der Waals surface area contributed by atoms with Crippen molar-refractivity contribution < 1.29 is 0 Å². The van der Waals surface area contributed by atoms with E-state index in [1.54, 1.807) is 0 Å². The zero-order valence-electron chi connectivity index (χ0n) is 9.75. The lowest BCUT2D eigenvalue weighted by molar-refractivity contribution is 0.502. The van der Waals surface area contributed by atoms with Gasteiger partial charge < -0.3 is 5.32 Å². The van der Waals surface area contributed by atoms with Crippen molar-refractivity contribution in [3.8, 4) is 0 Å². The molecule has 0 aliphatic rings. The zero-order valence-corrected chi connectivity index (χ0v) is 10.6. The summed E-state index contributed by atoms with van der Waals surface area (Å²) in [6, 6.07) is 5.00. The van der Waals surface area contributed by atoms with Crippen LogP contribution >= 0.6 is 11.3 Å². The molecule has 0 saturated heterocycles. The second-order valence-electron chi connectivity index (χ2n) is 4.01. The number of thiophene rings is 1. The van der Waals surface area contributed by atoms with Crippen LogP contribution in [0.25, 0.3) is 0 Å². The van der Waals surface area contributed by atoms with Crippen molar-refractivity contribution in [1.82, 2.24) is 5.32 Å². The number of unbranched alkanes of at least 4 members (excludes halogenated alkanes) is 1. The van der Waals surface area contributed by atoms with E-state index in [1.165, 1.54) is 22.6 Å². The van der Waals surface area contributed by atoms with E-state index in [2.05, 4.69) is 37.9 Å². The van der Waals surface area contributed by atoms with E-state index in [0.717, 1.165) is 13.0 Å². The molecule has 0 radical (unpaired) electrons. The lowest BCUT2D eigenvalue weighted by Crippen LogP contribution is -2.24. The van der Waals surface area contributed by atoms with Crippen LogP contribution in [0.4, 0.5) is 0 Å². The SMILES string of the molecule is C=CCCCC(C)NCc1ccc(C)s1. The molecule has 1 heterocycles. The molecule has 0 aliphatic heterocycles. The first-order valence-electron chi connectivity index (χ1n) is 5.62. The lowest BCUT2D eigenvalue weighted by atomic mass is 10.1. The van der Waals surface area contributed by atoms with Gasteiger partial charge in [0.2, 0.25) is 0 Å². The Labute approximate surface area is 97.2 Å². The van der Waals surface area contributed by atoms with Gasteiger partial charge in [0.1, 0.15) is 0 Å². The smallest absolute Gasteiger partial charge is 0.0302 e. The molecule has 0 bridgehead atoms. The number of rotatable bonds is 7. The normalized spacial score (nSPS) is 12.7. The van der Waals surface area contributed by atoms with Crippen LogP contribution in [0.1, 0.15) is 35.9 Å². The van der Waals surface area contributed by atoms with Crippen molar-refractivity contribution in [2.24, 2.45) is 0 Å². The van der Waals surface area contributed by atoms with Crippen LogP contribution in [0.2, 0.25) is 0 Å². The van der Waals surface area contributed by atoms with E-state index in [-0.39, 0.29) is 0 Å². The van der Waals surface area contributed by atoms with E-state index in [4.69, 9.17) is 0 Å². The molecule has 1 aromatic rings. The number of nitrogens with one attached hydrogen (secondary N) is 1. The van der Waals surface area contributed by atoms with Crippen molar-refractivity contribution in [3.63, 3.8) is 0 Å². The molecular formula is C13H21NS. The number of hydrogen-bond donors (Lipinski definition) is 1. The summed E-state index contributed by atoms with van der Waals surface area (Å²) in [4.78, 5) is 2.83. The van der Waals surface area contributed by atoms with Crippen molar-refractivity contribution in [1.29, 1.82) is 0 Å². The van der Waals surface area contributed by atoms with E-state index >= 15 is 0 Å². The van der Waals surface area contributed by atoms with E-state index < -0.39 is 0 Å². The molecule has 2 heteroatoms. The van der Waals surface area contributed by atoms with Gasteiger partial charge in [0.15, 0.2) is 0 Å². The zero-order chi connectivity index (χ0) is 11.1. The molecule has 1 aromatic heterocycles. The summed E-state index contributed by atoms with van der Waals surface area (Å²) in [5.41, 5.74) is 0. The highest BCUT2D eigenvalue weighted by atomic mass is 32.1. The monoisotopic (exact) mass is 223 g/mol. The van der Waals surface area contributed by atoms with Crippen molar-refractivity contribution in [2.45, 2.75) is 45.7 Å². The second kappa shape index (κ2) is 6.81. The van der Waals surface area contributed by atoms with Gasteiger partial charge in [0, 0.05) is 22.3 Å². The minimum Gasteiger partial charge on any atom is -0.309 e. The predicted molar refractivity (Wildman–Crippen MR) is 69.4 cm³/mol. The molecule has 1 N–H and O–H groups in total. The van der Waals surface area contributed by atoms with Crippen LogP contribution < -0.4 is 5.32 Å². The Balaban J connectivity index is 2.16. The average molecular weight is 223 g/mol. The molecule has 84 valence electrons. The third-order valence-electron chi connectivity index (χ3n) is 2.47. The fraction of sp³-hybridized carbons (Fsp3) is 0.538. The number of hydrogen-bond acceptors (Lipinski definition) is 2. The minimum atomic E-state index is 0.604. The van der Waals surface area contributed by atoms with Gasteiger partial charge in [-0.1, -0.05) is 6.08 Å². The van der Waals surface area contributed by atoms with Crippen molar-refractivity contribution in [3.05, 3.63) is 34.5 Å². The van der Waals surface area contributed by atoms with Crippen LogP contribution in [-0.4, -0.2) is 6.04 Å². The second-order valence-corrected chi connectivity index (χ2v) is 5.39. The van der Waals surface area contributed by atoms with Gasteiger partial charge in [-0.05, 0) is 45.2 Å². The first kappa shape index (κ1) is 12.5. The predicted octanol–water partition coefficient (Wildman–Crippen LogP) is 3.89. The minimum absolute atomic E-state index is 0.604. The summed E-state index contributed by atoms with van der Waals surface area (Å²) < 4.78 is 0. The average Bonchev–Trinajstić information content (AvgIpc) is 2.62. The molecule has 0 aliphatic carbocycles. The molecule has 1 atom stereocenters. The van der Waals surface area contributed by atoms with Gasteiger partial charge in [-0.3, -0.25) is 0 Å². The number of allylic oxidation sites excluding steroid dienone is 1. The summed E-state index contributed by atoms with van der Waals surface area (Å²) in [7, 11) is 0. The molecule has 15 heavy (non-hydrogen) atoms. The molecule has 0 spiro atoms. The third-order valence-corrected chi connectivity index (χ3v) is 3.47. The van der Waals surface area contributed by atoms with Gasteiger partial charge in [0.25, 0.3) is 0 Å². The fourth-order valence-electron chi connectivity index (χ4n) is 1.53. The Bertz CT molecular complexity index is 290. The molecule has 0 saturated carbocycles. The Morgan fingerprint density at radius 2 is 2.33 bits per heavy atom. The van der Waals surface area contributed by atoms with Crippen LogP contribution in [0.3, 0.4) is 0 Å². The first-order valence-corrected chi connectivity index (χ1v) is 6.43. The summed E-state index contributed by atoms with van der Waals surface area (Å²) >= 11 is 1.88. The van der Waals surface area contributed by atoms with Gasteiger partial charge >= 0.3 is 0 Å². The summed E-state index contributed by atoms with van der Waals surface area (Å²) in [6.45, 7) is 9.15. The van der Waals surface area contributed by atoms with Crippen LogP contribution in [-0.2, 0) is 6.54 Å². The van der Waals surface area contributed by atoms with Crippen molar-refractivity contribution >= 4 is 11.3 Å². The maximum Gasteiger partial charge on any atom is 0.0302 e. The summed E-state index contributed by atoms with van der Waals surface area (Å²) in [5, 5.41) is 3.55. The maximum atomic E-state index is 3.74. The van der Waals surface area contributed by atoms with Gasteiger partial charge in [-0.2, -0.15) is 0 Å². The topological polar surface area (TPSA) is 12.0 Å². The van der Waals surface area contributed by atoms with E-state index in [0.29, 0.717) is 6.04 Å². The first-order chi connectivity index (χ1) is 7.22. The largest absolute Gasteiger partial charge is 0.309 e. The maximum absolute atomic E-state index is 3.74. The highest BCUT2D eigenvalue weighted by Crippen LogP contribution is 2.14. The third kappa shape index (κ3) is 5.14. The summed E-state index contributed by atoms with van der Waals surface area (Å²) in [6.07, 6.45) is 5.59. The quantitative estimate of drug-likeness (QED) is 0.546. The number of aryl methyl sites for hydroxylation is 1. The van der Waals surface area contributed by atoms with E-state index in [9.17, 15) is 0 Å².